The Morgan fingerprint density at radius 3 is 1.84 bits per heavy atom. The molecule has 214 valence electrons. The minimum atomic E-state index is -0.190. The fourth-order valence-electron chi connectivity index (χ4n) is 7.58. The van der Waals surface area contributed by atoms with Gasteiger partial charge in [-0.1, -0.05) is 123 Å². The number of fused-ring (bicyclic) bond motifs is 10. The van der Waals surface area contributed by atoms with Gasteiger partial charge in [-0.15, -0.1) is 0 Å². The number of furan rings is 1. The lowest BCUT2D eigenvalue weighted by Gasteiger charge is -2.27. The van der Waals surface area contributed by atoms with Crippen LogP contribution in [-0.4, -0.2) is 0 Å². The van der Waals surface area contributed by atoms with Gasteiger partial charge in [-0.05, 0) is 81.1 Å². The molecular formula is C43H31NO. The van der Waals surface area contributed by atoms with Crippen LogP contribution in [0.2, 0.25) is 0 Å². The van der Waals surface area contributed by atoms with Gasteiger partial charge in [-0.3, -0.25) is 0 Å². The molecule has 0 atom stereocenters. The molecule has 0 radical (unpaired) electrons. The van der Waals surface area contributed by atoms with Gasteiger partial charge in [-0.25, -0.2) is 0 Å². The van der Waals surface area contributed by atoms with Gasteiger partial charge in [0.2, 0.25) is 0 Å². The molecule has 45 heavy (non-hydrogen) atoms. The summed E-state index contributed by atoms with van der Waals surface area (Å²) in [6, 6.07) is 54.4. The van der Waals surface area contributed by atoms with E-state index in [1.165, 1.54) is 54.9 Å². The molecule has 1 aliphatic carbocycles. The monoisotopic (exact) mass is 577 g/mol. The number of nitrogens with zero attached hydrogens (tertiary/aromatic N) is 1. The summed E-state index contributed by atoms with van der Waals surface area (Å²) in [5, 5.41) is 4.91. The maximum absolute atomic E-state index is 6.76. The second-order valence-electron chi connectivity index (χ2n) is 12.5. The highest BCUT2D eigenvalue weighted by Gasteiger charge is 2.40. The molecule has 0 spiro atoms. The first-order valence-corrected chi connectivity index (χ1v) is 15.6. The van der Waals surface area contributed by atoms with E-state index in [0.717, 1.165) is 28.2 Å². The van der Waals surface area contributed by atoms with Crippen LogP contribution < -0.4 is 4.90 Å². The largest absolute Gasteiger partial charge is 0.455 e. The Hall–Kier alpha value is -5.60. The summed E-state index contributed by atoms with van der Waals surface area (Å²) in [6.45, 7) is 4.71. The lowest BCUT2D eigenvalue weighted by atomic mass is 9.79. The normalized spacial score (nSPS) is 13.3. The minimum absolute atomic E-state index is 0.190. The van der Waals surface area contributed by atoms with Crippen LogP contribution in [0.4, 0.5) is 17.1 Å². The molecule has 0 saturated carbocycles. The Morgan fingerprint density at radius 2 is 1.09 bits per heavy atom. The van der Waals surface area contributed by atoms with Gasteiger partial charge in [0.1, 0.15) is 11.2 Å². The van der Waals surface area contributed by atoms with Crippen molar-refractivity contribution < 1.29 is 4.42 Å². The summed E-state index contributed by atoms with van der Waals surface area (Å²) in [5.41, 5.74) is 12.6. The van der Waals surface area contributed by atoms with Crippen molar-refractivity contribution >= 4 is 49.8 Å². The zero-order valence-electron chi connectivity index (χ0n) is 25.3. The van der Waals surface area contributed by atoms with Crippen molar-refractivity contribution in [1.29, 1.82) is 0 Å². The van der Waals surface area contributed by atoms with E-state index >= 15 is 0 Å². The predicted octanol–water partition coefficient (Wildman–Crippen LogP) is 12.2. The standard InChI is InChI=1S/C43H31NO/c1-43(2)37-26-25-32(44(30-15-7-4-8-16-30)31-23-21-29(22-24-31)28-13-5-3-6-14-28)27-36(37)40-41(43)34-18-10-9-17-33(34)39-35-19-11-12-20-38(35)45-42(39)40/h3-27H,1-2H3. The molecule has 0 aliphatic heterocycles. The van der Waals surface area contributed by atoms with E-state index in [9.17, 15) is 0 Å². The van der Waals surface area contributed by atoms with Crippen molar-refractivity contribution in [3.05, 3.63) is 163 Å². The van der Waals surface area contributed by atoms with Crippen LogP contribution in [0.25, 0.3) is 55.0 Å². The molecule has 8 aromatic rings. The van der Waals surface area contributed by atoms with Crippen molar-refractivity contribution in [3.8, 4) is 22.3 Å². The Morgan fingerprint density at radius 1 is 0.511 bits per heavy atom. The first-order chi connectivity index (χ1) is 22.1. The molecule has 7 aromatic carbocycles. The summed E-state index contributed by atoms with van der Waals surface area (Å²) >= 11 is 0. The topological polar surface area (TPSA) is 16.4 Å². The second kappa shape index (κ2) is 9.70. The van der Waals surface area contributed by atoms with Gasteiger partial charge in [-0.2, -0.15) is 0 Å². The van der Waals surface area contributed by atoms with E-state index in [4.69, 9.17) is 4.42 Å². The van der Waals surface area contributed by atoms with Crippen LogP contribution in [0.3, 0.4) is 0 Å². The van der Waals surface area contributed by atoms with Crippen LogP contribution in [0.15, 0.2) is 156 Å². The zero-order chi connectivity index (χ0) is 30.1. The molecule has 0 bridgehead atoms. The number of hydrogen-bond acceptors (Lipinski definition) is 2. The third kappa shape index (κ3) is 3.82. The molecule has 0 fully saturated rings. The van der Waals surface area contributed by atoms with E-state index in [1.807, 2.05) is 0 Å². The van der Waals surface area contributed by atoms with Crippen molar-refractivity contribution in [2.75, 3.05) is 4.90 Å². The molecule has 1 aromatic heterocycles. The van der Waals surface area contributed by atoms with Crippen molar-refractivity contribution in [2.24, 2.45) is 0 Å². The maximum Gasteiger partial charge on any atom is 0.144 e. The molecule has 2 heteroatoms. The molecular weight excluding hydrogens is 546 g/mol. The summed E-state index contributed by atoms with van der Waals surface area (Å²) in [4.78, 5) is 2.36. The molecule has 0 amide bonds. The number of para-hydroxylation sites is 2. The van der Waals surface area contributed by atoms with Gasteiger partial charge >= 0.3 is 0 Å². The quantitative estimate of drug-likeness (QED) is 0.207. The fourth-order valence-corrected chi connectivity index (χ4v) is 7.58. The Kier molecular flexibility index (Phi) is 5.58. The third-order valence-electron chi connectivity index (χ3n) is 9.61. The van der Waals surface area contributed by atoms with Crippen molar-refractivity contribution in [3.63, 3.8) is 0 Å². The van der Waals surface area contributed by atoms with E-state index in [2.05, 4.69) is 170 Å². The lowest BCUT2D eigenvalue weighted by Crippen LogP contribution is -2.16. The lowest BCUT2D eigenvalue weighted by molar-refractivity contribution is 0.657. The van der Waals surface area contributed by atoms with Gasteiger partial charge in [0.05, 0.1) is 0 Å². The summed E-state index contributed by atoms with van der Waals surface area (Å²) in [7, 11) is 0. The average Bonchev–Trinajstić information content (AvgIpc) is 3.59. The number of hydrogen-bond donors (Lipinski definition) is 0. The minimum Gasteiger partial charge on any atom is -0.455 e. The second-order valence-corrected chi connectivity index (χ2v) is 12.5. The maximum atomic E-state index is 6.76. The molecule has 1 aliphatic rings. The average molecular weight is 578 g/mol. The predicted molar refractivity (Wildman–Crippen MR) is 189 cm³/mol. The molecule has 1 heterocycles. The van der Waals surface area contributed by atoms with Gasteiger partial charge in [0.25, 0.3) is 0 Å². The van der Waals surface area contributed by atoms with E-state index in [1.54, 1.807) is 0 Å². The first kappa shape index (κ1) is 25.9. The van der Waals surface area contributed by atoms with Crippen LogP contribution in [0.1, 0.15) is 25.0 Å². The highest BCUT2D eigenvalue weighted by atomic mass is 16.3. The Labute approximate surface area is 262 Å². The van der Waals surface area contributed by atoms with Gasteiger partial charge in [0.15, 0.2) is 0 Å². The Bertz CT molecular complexity index is 2380. The molecule has 9 rings (SSSR count). The summed E-state index contributed by atoms with van der Waals surface area (Å²) < 4.78 is 6.76. The van der Waals surface area contributed by atoms with E-state index in [-0.39, 0.29) is 5.41 Å². The SMILES string of the molecule is CC1(C)c2ccc(N(c3ccccc3)c3ccc(-c4ccccc4)cc3)cc2-c2c1c1ccccc1c1c2oc2ccccc21. The molecule has 2 nitrogen and oxygen atoms in total. The van der Waals surface area contributed by atoms with Crippen LogP contribution in [-0.2, 0) is 5.41 Å². The van der Waals surface area contributed by atoms with E-state index in [0.29, 0.717) is 0 Å². The fraction of sp³-hybridized carbons (Fsp3) is 0.0698. The summed E-state index contributed by atoms with van der Waals surface area (Å²) in [5.74, 6) is 0. The zero-order valence-corrected chi connectivity index (χ0v) is 25.3. The van der Waals surface area contributed by atoms with E-state index < -0.39 is 0 Å². The van der Waals surface area contributed by atoms with Crippen LogP contribution in [0, 0.1) is 0 Å². The number of rotatable bonds is 4. The first-order valence-electron chi connectivity index (χ1n) is 15.6. The number of benzene rings is 7. The molecule has 0 N–H and O–H groups in total. The third-order valence-corrected chi connectivity index (χ3v) is 9.61. The summed E-state index contributed by atoms with van der Waals surface area (Å²) in [6.07, 6.45) is 0. The molecule has 0 unspecified atom stereocenters. The van der Waals surface area contributed by atoms with Crippen molar-refractivity contribution in [1.82, 2.24) is 0 Å². The van der Waals surface area contributed by atoms with Crippen LogP contribution >= 0.6 is 0 Å². The highest BCUT2D eigenvalue weighted by Crippen LogP contribution is 2.57. The van der Waals surface area contributed by atoms with Crippen LogP contribution in [0.5, 0.6) is 0 Å². The molecule has 0 saturated heterocycles. The Balaban J connectivity index is 1.29. The number of anilines is 3. The highest BCUT2D eigenvalue weighted by molar-refractivity contribution is 6.25. The van der Waals surface area contributed by atoms with Crippen molar-refractivity contribution in [2.45, 2.75) is 19.3 Å². The smallest absolute Gasteiger partial charge is 0.144 e. The van der Waals surface area contributed by atoms with Gasteiger partial charge in [0, 0.05) is 38.8 Å². The van der Waals surface area contributed by atoms with Gasteiger partial charge < -0.3 is 9.32 Å².